The second kappa shape index (κ2) is 10.5. The number of fused-ring (bicyclic) bond motifs is 1. The standard InChI is InChI=1S/C20H30N4O2.ClH/c1-23(15-16-5-3-2-4-6-16)20(26)22-10-7-19(25)24-11-8-17-13-21-14-18(17)9-12-24;/h2-6,17-18,21H,7-15H2,1H3,(H,22,26);1H/t17-,18+;. The Balaban J connectivity index is 0.00000261. The van der Waals surface area contributed by atoms with Crippen LogP contribution in [-0.2, 0) is 11.3 Å². The van der Waals surface area contributed by atoms with Gasteiger partial charge in [-0.1, -0.05) is 30.3 Å². The lowest BCUT2D eigenvalue weighted by atomic mass is 9.92. The molecule has 0 saturated carbocycles. The quantitative estimate of drug-likeness (QED) is 0.803. The van der Waals surface area contributed by atoms with Crippen LogP contribution >= 0.6 is 12.4 Å². The summed E-state index contributed by atoms with van der Waals surface area (Å²) in [5.41, 5.74) is 1.09. The number of hydrogen-bond donors (Lipinski definition) is 2. The van der Waals surface area contributed by atoms with Gasteiger partial charge in [0.1, 0.15) is 0 Å². The maximum Gasteiger partial charge on any atom is 0.317 e. The molecule has 3 amide bonds. The molecule has 3 rings (SSSR count). The fraction of sp³-hybridized carbons (Fsp3) is 0.600. The number of carbonyl (C=O) groups is 2. The van der Waals surface area contributed by atoms with Crippen LogP contribution in [0.15, 0.2) is 30.3 Å². The first-order chi connectivity index (χ1) is 12.6. The van der Waals surface area contributed by atoms with Gasteiger partial charge in [0.2, 0.25) is 5.91 Å². The normalized spacial score (nSPS) is 21.6. The van der Waals surface area contributed by atoms with Gasteiger partial charge in [0, 0.05) is 39.6 Å². The number of nitrogens with one attached hydrogen (secondary N) is 2. The average molecular weight is 395 g/mol. The zero-order chi connectivity index (χ0) is 18.4. The van der Waals surface area contributed by atoms with Crippen molar-refractivity contribution in [3.63, 3.8) is 0 Å². The number of amides is 3. The van der Waals surface area contributed by atoms with Gasteiger partial charge in [0.25, 0.3) is 0 Å². The summed E-state index contributed by atoms with van der Waals surface area (Å²) in [6, 6.07) is 9.74. The van der Waals surface area contributed by atoms with Crippen LogP contribution in [0.2, 0.25) is 0 Å². The highest BCUT2D eigenvalue weighted by molar-refractivity contribution is 5.85. The molecule has 0 radical (unpaired) electrons. The molecule has 0 aromatic heterocycles. The minimum atomic E-state index is -0.141. The van der Waals surface area contributed by atoms with Gasteiger partial charge in [-0.05, 0) is 43.3 Å². The number of carbonyl (C=O) groups excluding carboxylic acids is 2. The topological polar surface area (TPSA) is 64.7 Å². The third kappa shape index (κ3) is 6.11. The molecule has 1 aromatic carbocycles. The highest BCUT2D eigenvalue weighted by Crippen LogP contribution is 2.27. The Hall–Kier alpha value is -1.79. The fourth-order valence-electron chi connectivity index (χ4n) is 3.97. The Morgan fingerprint density at radius 2 is 1.78 bits per heavy atom. The van der Waals surface area contributed by atoms with Crippen molar-refractivity contribution >= 4 is 24.3 Å². The molecule has 6 nitrogen and oxygen atoms in total. The summed E-state index contributed by atoms with van der Waals surface area (Å²) in [7, 11) is 1.77. The minimum absolute atomic E-state index is 0. The number of likely N-dealkylation sites (tertiary alicyclic amines) is 1. The van der Waals surface area contributed by atoms with Crippen molar-refractivity contribution in [2.24, 2.45) is 11.8 Å². The molecule has 0 bridgehead atoms. The molecule has 1 aromatic rings. The SMILES string of the molecule is CN(Cc1ccccc1)C(=O)NCCC(=O)N1CC[C@@H]2CNC[C@@H]2CC1.Cl. The lowest BCUT2D eigenvalue weighted by Crippen LogP contribution is -2.40. The van der Waals surface area contributed by atoms with Gasteiger partial charge in [0.05, 0.1) is 0 Å². The van der Waals surface area contributed by atoms with Gasteiger partial charge in [-0.15, -0.1) is 12.4 Å². The zero-order valence-electron chi connectivity index (χ0n) is 16.0. The first kappa shape index (κ1) is 21.5. The zero-order valence-corrected chi connectivity index (χ0v) is 16.8. The Bertz CT molecular complexity index is 599. The van der Waals surface area contributed by atoms with Crippen LogP contribution in [0.5, 0.6) is 0 Å². The molecule has 0 unspecified atom stereocenters. The van der Waals surface area contributed by atoms with Crippen LogP contribution < -0.4 is 10.6 Å². The van der Waals surface area contributed by atoms with Crippen LogP contribution in [0.3, 0.4) is 0 Å². The Labute approximate surface area is 168 Å². The fourth-order valence-corrected chi connectivity index (χ4v) is 3.97. The summed E-state index contributed by atoms with van der Waals surface area (Å²) in [5.74, 6) is 1.60. The molecule has 7 heteroatoms. The molecular formula is C20H31ClN4O2. The number of rotatable bonds is 5. The van der Waals surface area contributed by atoms with Gasteiger partial charge in [0.15, 0.2) is 0 Å². The lowest BCUT2D eigenvalue weighted by Gasteiger charge is -2.22. The predicted molar refractivity (Wildman–Crippen MR) is 109 cm³/mol. The van der Waals surface area contributed by atoms with Crippen molar-refractivity contribution < 1.29 is 9.59 Å². The Morgan fingerprint density at radius 1 is 1.15 bits per heavy atom. The van der Waals surface area contributed by atoms with Crippen LogP contribution in [0.4, 0.5) is 4.79 Å². The number of benzene rings is 1. The molecule has 27 heavy (non-hydrogen) atoms. The number of nitrogens with zero attached hydrogens (tertiary/aromatic N) is 2. The first-order valence-corrected chi connectivity index (χ1v) is 9.65. The van der Waals surface area contributed by atoms with Gasteiger partial charge in [-0.2, -0.15) is 0 Å². The van der Waals surface area contributed by atoms with Crippen molar-refractivity contribution in [3.8, 4) is 0 Å². The van der Waals surface area contributed by atoms with Gasteiger partial charge in [-0.3, -0.25) is 4.79 Å². The average Bonchev–Trinajstić information content (AvgIpc) is 3.00. The van der Waals surface area contributed by atoms with Gasteiger partial charge >= 0.3 is 6.03 Å². The van der Waals surface area contributed by atoms with Crippen LogP contribution in [-0.4, -0.2) is 61.5 Å². The second-order valence-electron chi connectivity index (χ2n) is 7.46. The summed E-state index contributed by atoms with van der Waals surface area (Å²) < 4.78 is 0. The van der Waals surface area contributed by atoms with Crippen LogP contribution in [0.25, 0.3) is 0 Å². The molecule has 2 heterocycles. The van der Waals surface area contributed by atoms with Crippen molar-refractivity contribution in [1.82, 2.24) is 20.4 Å². The van der Waals surface area contributed by atoms with Crippen LogP contribution in [0.1, 0.15) is 24.8 Å². The van der Waals surface area contributed by atoms with E-state index in [9.17, 15) is 9.59 Å². The lowest BCUT2D eigenvalue weighted by molar-refractivity contribution is -0.131. The molecule has 2 aliphatic rings. The van der Waals surface area contributed by atoms with E-state index >= 15 is 0 Å². The Morgan fingerprint density at radius 3 is 2.41 bits per heavy atom. The Kier molecular flexibility index (Phi) is 8.38. The van der Waals surface area contributed by atoms with Crippen molar-refractivity contribution in [2.45, 2.75) is 25.8 Å². The predicted octanol–water partition coefficient (Wildman–Crippen LogP) is 2.10. The molecule has 2 N–H and O–H groups in total. The van der Waals surface area contributed by atoms with Crippen molar-refractivity contribution in [3.05, 3.63) is 35.9 Å². The molecule has 150 valence electrons. The maximum absolute atomic E-state index is 12.5. The van der Waals surface area contributed by atoms with E-state index in [-0.39, 0.29) is 24.3 Å². The van der Waals surface area contributed by atoms with Crippen LogP contribution in [0, 0.1) is 11.8 Å². The summed E-state index contributed by atoms with van der Waals surface area (Å²) in [6.45, 7) is 4.84. The van der Waals surface area contributed by atoms with E-state index < -0.39 is 0 Å². The molecule has 0 aliphatic carbocycles. The molecule has 2 fully saturated rings. The largest absolute Gasteiger partial charge is 0.343 e. The third-order valence-electron chi connectivity index (χ3n) is 5.60. The summed E-state index contributed by atoms with van der Waals surface area (Å²) in [4.78, 5) is 28.3. The van der Waals surface area contributed by atoms with E-state index in [1.165, 1.54) is 0 Å². The molecule has 2 aliphatic heterocycles. The summed E-state index contributed by atoms with van der Waals surface area (Å²) in [6.07, 6.45) is 2.56. The van der Waals surface area contributed by atoms with E-state index in [2.05, 4.69) is 10.6 Å². The van der Waals surface area contributed by atoms with Gasteiger partial charge < -0.3 is 20.4 Å². The molecular weight excluding hydrogens is 364 g/mol. The third-order valence-corrected chi connectivity index (χ3v) is 5.60. The van der Waals surface area contributed by atoms with Crippen molar-refractivity contribution in [1.29, 1.82) is 0 Å². The van der Waals surface area contributed by atoms with Gasteiger partial charge in [-0.25, -0.2) is 4.79 Å². The number of halogens is 1. The smallest absolute Gasteiger partial charge is 0.317 e. The van der Waals surface area contributed by atoms with E-state index in [0.29, 0.717) is 19.5 Å². The minimum Gasteiger partial charge on any atom is -0.343 e. The monoisotopic (exact) mass is 394 g/mol. The van der Waals surface area contributed by atoms with E-state index in [1.54, 1.807) is 11.9 Å². The maximum atomic E-state index is 12.5. The summed E-state index contributed by atoms with van der Waals surface area (Å²) >= 11 is 0. The van der Waals surface area contributed by atoms with E-state index in [1.807, 2.05) is 35.2 Å². The number of urea groups is 1. The number of hydrogen-bond acceptors (Lipinski definition) is 3. The highest BCUT2D eigenvalue weighted by Gasteiger charge is 2.31. The second-order valence-corrected chi connectivity index (χ2v) is 7.46. The highest BCUT2D eigenvalue weighted by atomic mass is 35.5. The molecule has 0 spiro atoms. The van der Waals surface area contributed by atoms with Crippen molar-refractivity contribution in [2.75, 3.05) is 39.8 Å². The van der Waals surface area contributed by atoms with E-state index in [0.717, 1.165) is 56.4 Å². The summed E-state index contributed by atoms with van der Waals surface area (Å²) in [5, 5.41) is 6.31. The molecule has 2 saturated heterocycles. The first-order valence-electron chi connectivity index (χ1n) is 9.65. The van der Waals surface area contributed by atoms with E-state index in [4.69, 9.17) is 0 Å². The molecule has 2 atom stereocenters.